The number of nitrogens with one attached hydrogen (secondary N) is 2. The number of nitrogens with zero attached hydrogens (tertiary/aromatic N) is 4. The molecule has 11 heteroatoms. The highest BCUT2D eigenvalue weighted by molar-refractivity contribution is 7.99. The summed E-state index contributed by atoms with van der Waals surface area (Å²) in [4.78, 5) is 26.7. The van der Waals surface area contributed by atoms with Gasteiger partial charge in [0.15, 0.2) is 5.16 Å². The molecule has 1 atom stereocenters. The number of urea groups is 1. The normalized spacial score (nSPS) is 15.3. The SMILES string of the molecule is COc1ccc(-n2c(C)nnc2SCC(=O)N2CCC(NC(=O)Nc3ccc(F)cc3)C2)cc1. The number of hydrogen-bond donors (Lipinski definition) is 2. The number of amides is 3. The van der Waals surface area contributed by atoms with Crippen LogP contribution in [0, 0.1) is 12.7 Å². The Balaban J connectivity index is 1.29. The van der Waals surface area contributed by atoms with E-state index < -0.39 is 0 Å². The molecule has 1 aromatic heterocycles. The molecule has 3 aromatic rings. The van der Waals surface area contributed by atoms with Crippen molar-refractivity contribution >= 4 is 29.4 Å². The van der Waals surface area contributed by atoms with Crippen LogP contribution in [0.4, 0.5) is 14.9 Å². The van der Waals surface area contributed by atoms with Gasteiger partial charge < -0.3 is 20.3 Å². The largest absolute Gasteiger partial charge is 0.497 e. The number of halogens is 1. The number of carbonyl (C=O) groups excluding carboxylic acids is 2. The third-order valence-corrected chi connectivity index (χ3v) is 6.34. The summed E-state index contributed by atoms with van der Waals surface area (Å²) in [7, 11) is 1.61. The second kappa shape index (κ2) is 10.6. The Morgan fingerprint density at radius 1 is 1.15 bits per heavy atom. The Hall–Kier alpha value is -3.60. The minimum Gasteiger partial charge on any atom is -0.497 e. The van der Waals surface area contributed by atoms with E-state index in [1.807, 2.05) is 35.8 Å². The molecule has 2 heterocycles. The van der Waals surface area contributed by atoms with E-state index >= 15 is 0 Å². The predicted octanol–water partition coefficient (Wildman–Crippen LogP) is 3.24. The minimum absolute atomic E-state index is 0.0322. The van der Waals surface area contributed by atoms with Gasteiger partial charge in [0.1, 0.15) is 17.4 Å². The van der Waals surface area contributed by atoms with E-state index in [-0.39, 0.29) is 29.6 Å². The lowest BCUT2D eigenvalue weighted by molar-refractivity contribution is -0.127. The lowest BCUT2D eigenvalue weighted by Crippen LogP contribution is -2.41. The fourth-order valence-corrected chi connectivity index (χ4v) is 4.57. The zero-order chi connectivity index (χ0) is 24.1. The third-order valence-electron chi connectivity index (χ3n) is 5.43. The molecular formula is C23H25FN6O3S. The number of hydrogen-bond acceptors (Lipinski definition) is 6. The van der Waals surface area contributed by atoms with Crippen LogP contribution in [0.15, 0.2) is 53.7 Å². The first-order valence-electron chi connectivity index (χ1n) is 10.7. The van der Waals surface area contributed by atoms with E-state index in [2.05, 4.69) is 20.8 Å². The fourth-order valence-electron chi connectivity index (χ4n) is 3.67. The molecule has 0 bridgehead atoms. The van der Waals surface area contributed by atoms with Crippen LogP contribution in [0.5, 0.6) is 5.75 Å². The van der Waals surface area contributed by atoms with Gasteiger partial charge in [0.05, 0.1) is 12.9 Å². The average Bonchev–Trinajstić information content (AvgIpc) is 3.45. The highest BCUT2D eigenvalue weighted by Gasteiger charge is 2.27. The molecule has 1 unspecified atom stereocenters. The number of aryl methyl sites for hydroxylation is 1. The Morgan fingerprint density at radius 3 is 2.59 bits per heavy atom. The van der Waals surface area contributed by atoms with Gasteiger partial charge in [-0.25, -0.2) is 9.18 Å². The summed E-state index contributed by atoms with van der Waals surface area (Å²) in [6, 6.07) is 12.5. The number of anilines is 1. The number of likely N-dealkylation sites (tertiary alicyclic amines) is 1. The van der Waals surface area contributed by atoms with Crippen molar-refractivity contribution in [2.75, 3.05) is 31.3 Å². The minimum atomic E-state index is -0.386. The molecule has 2 N–H and O–H groups in total. The van der Waals surface area contributed by atoms with Crippen LogP contribution in [-0.2, 0) is 4.79 Å². The third kappa shape index (κ3) is 5.66. The average molecular weight is 485 g/mol. The summed E-state index contributed by atoms with van der Waals surface area (Å²) in [6.07, 6.45) is 0.661. The van der Waals surface area contributed by atoms with Gasteiger partial charge in [-0.05, 0) is 61.9 Å². The number of aromatic nitrogens is 3. The molecule has 0 aliphatic carbocycles. The topological polar surface area (TPSA) is 101 Å². The molecule has 0 saturated carbocycles. The summed E-state index contributed by atoms with van der Waals surface area (Å²) in [6.45, 7) is 2.85. The number of carbonyl (C=O) groups is 2. The zero-order valence-corrected chi connectivity index (χ0v) is 19.6. The van der Waals surface area contributed by atoms with Crippen LogP contribution in [0.25, 0.3) is 5.69 Å². The molecule has 1 aliphatic heterocycles. The molecule has 4 rings (SSSR count). The van der Waals surface area contributed by atoms with Gasteiger partial charge in [0.2, 0.25) is 5.91 Å². The Bertz CT molecular complexity index is 1150. The van der Waals surface area contributed by atoms with Crippen LogP contribution in [0.2, 0.25) is 0 Å². The number of ether oxygens (including phenoxy) is 1. The quantitative estimate of drug-likeness (QED) is 0.500. The lowest BCUT2D eigenvalue weighted by Gasteiger charge is -2.17. The second-order valence-electron chi connectivity index (χ2n) is 7.78. The van der Waals surface area contributed by atoms with Crippen molar-refractivity contribution in [1.29, 1.82) is 0 Å². The molecule has 0 spiro atoms. The summed E-state index contributed by atoms with van der Waals surface area (Å²) in [5.74, 6) is 1.28. The maximum atomic E-state index is 13.0. The van der Waals surface area contributed by atoms with E-state index in [1.165, 1.54) is 36.0 Å². The molecular weight excluding hydrogens is 459 g/mol. The predicted molar refractivity (Wildman–Crippen MR) is 127 cm³/mol. The summed E-state index contributed by atoms with van der Waals surface area (Å²) < 4.78 is 20.1. The number of benzene rings is 2. The Labute approximate surface area is 200 Å². The van der Waals surface area contributed by atoms with Gasteiger partial charge in [-0.15, -0.1) is 10.2 Å². The van der Waals surface area contributed by atoms with Crippen molar-refractivity contribution in [3.63, 3.8) is 0 Å². The molecule has 9 nitrogen and oxygen atoms in total. The maximum Gasteiger partial charge on any atom is 0.319 e. The van der Waals surface area contributed by atoms with Crippen molar-refractivity contribution in [1.82, 2.24) is 25.0 Å². The maximum absolute atomic E-state index is 13.0. The molecule has 178 valence electrons. The van der Waals surface area contributed by atoms with Gasteiger partial charge in [-0.3, -0.25) is 9.36 Å². The molecule has 1 saturated heterocycles. The Morgan fingerprint density at radius 2 is 1.88 bits per heavy atom. The molecule has 1 aliphatic rings. The van der Waals surface area contributed by atoms with Crippen molar-refractivity contribution in [3.05, 3.63) is 60.2 Å². The fraction of sp³-hybridized carbons (Fsp3) is 0.304. The lowest BCUT2D eigenvalue weighted by atomic mass is 10.3. The molecule has 2 aromatic carbocycles. The van der Waals surface area contributed by atoms with Gasteiger partial charge in [0.25, 0.3) is 0 Å². The van der Waals surface area contributed by atoms with Gasteiger partial charge in [0, 0.05) is 30.5 Å². The van der Waals surface area contributed by atoms with Crippen LogP contribution < -0.4 is 15.4 Å². The summed E-state index contributed by atoms with van der Waals surface area (Å²) in [5.41, 5.74) is 1.38. The summed E-state index contributed by atoms with van der Waals surface area (Å²) >= 11 is 1.32. The van der Waals surface area contributed by atoms with Crippen LogP contribution in [0.1, 0.15) is 12.2 Å². The van der Waals surface area contributed by atoms with Crippen LogP contribution in [-0.4, -0.2) is 63.6 Å². The highest BCUT2D eigenvalue weighted by Crippen LogP contribution is 2.24. The van der Waals surface area contributed by atoms with Crippen LogP contribution in [0.3, 0.4) is 0 Å². The van der Waals surface area contributed by atoms with Gasteiger partial charge >= 0.3 is 6.03 Å². The van der Waals surface area contributed by atoms with Crippen LogP contribution >= 0.6 is 11.8 Å². The smallest absolute Gasteiger partial charge is 0.319 e. The highest BCUT2D eigenvalue weighted by atomic mass is 32.2. The summed E-state index contributed by atoms with van der Waals surface area (Å²) in [5, 5.41) is 14.5. The van der Waals surface area contributed by atoms with Crippen molar-refractivity contribution in [2.45, 2.75) is 24.5 Å². The van der Waals surface area contributed by atoms with E-state index in [0.29, 0.717) is 30.4 Å². The van der Waals surface area contributed by atoms with E-state index in [0.717, 1.165) is 17.3 Å². The van der Waals surface area contributed by atoms with Crippen molar-refractivity contribution in [2.24, 2.45) is 0 Å². The number of rotatable bonds is 7. The second-order valence-corrected chi connectivity index (χ2v) is 8.73. The first-order valence-corrected chi connectivity index (χ1v) is 11.7. The standard InChI is InChI=1S/C23H25FN6O3S/c1-15-27-28-23(30(15)19-7-9-20(33-2)10-8-19)34-14-21(31)29-12-11-18(13-29)26-22(32)25-17-5-3-16(24)4-6-17/h3-10,18H,11-14H2,1-2H3,(H2,25,26,32). The van der Waals surface area contributed by atoms with E-state index in [4.69, 9.17) is 4.74 Å². The van der Waals surface area contributed by atoms with Crippen molar-refractivity contribution in [3.8, 4) is 11.4 Å². The van der Waals surface area contributed by atoms with E-state index in [9.17, 15) is 14.0 Å². The monoisotopic (exact) mass is 484 g/mol. The van der Waals surface area contributed by atoms with Gasteiger partial charge in [-0.1, -0.05) is 11.8 Å². The molecule has 34 heavy (non-hydrogen) atoms. The zero-order valence-electron chi connectivity index (χ0n) is 18.8. The Kier molecular flexibility index (Phi) is 7.31. The first kappa shape index (κ1) is 23.6. The molecule has 0 radical (unpaired) electrons. The van der Waals surface area contributed by atoms with Gasteiger partial charge in [-0.2, -0.15) is 0 Å². The van der Waals surface area contributed by atoms with Crippen molar-refractivity contribution < 1.29 is 18.7 Å². The number of thioether (sulfide) groups is 1. The molecule has 1 fully saturated rings. The first-order chi connectivity index (χ1) is 16.4. The molecule has 3 amide bonds. The number of methoxy groups -OCH3 is 1. The van der Waals surface area contributed by atoms with E-state index in [1.54, 1.807) is 12.0 Å².